The number of aromatic nitrogens is 3. The lowest BCUT2D eigenvalue weighted by Crippen LogP contribution is -2.34. The lowest BCUT2D eigenvalue weighted by molar-refractivity contribution is 0.502. The average molecular weight is 454 g/mol. The van der Waals surface area contributed by atoms with Gasteiger partial charge in [-0.2, -0.15) is 4.52 Å². The summed E-state index contributed by atoms with van der Waals surface area (Å²) >= 11 is 12.1. The molecule has 1 N–H and O–H groups in total. The minimum Gasteiger partial charge on any atom is -0.354 e. The molecule has 0 spiro atoms. The Kier molecular flexibility index (Phi) is 5.20. The highest BCUT2D eigenvalue weighted by molar-refractivity contribution is 6.31. The van der Waals surface area contributed by atoms with Crippen LogP contribution in [0.4, 0.5) is 5.82 Å². The van der Waals surface area contributed by atoms with Gasteiger partial charge in [-0.05, 0) is 54.7 Å². The Labute approximate surface area is 189 Å². The number of hydrogen-bond donors (Lipinski definition) is 1. The van der Waals surface area contributed by atoms with Gasteiger partial charge in [-0.25, -0.2) is 0 Å². The number of nitrogens with one attached hydrogen (secondary N) is 1. The van der Waals surface area contributed by atoms with Crippen LogP contribution in [0.5, 0.6) is 0 Å². The van der Waals surface area contributed by atoms with Crippen molar-refractivity contribution in [1.29, 1.82) is 0 Å². The topological polar surface area (TPSA) is 65.8 Å². The zero-order valence-corrected chi connectivity index (χ0v) is 18.5. The summed E-state index contributed by atoms with van der Waals surface area (Å²) in [6, 6.07) is 13.4. The normalized spacial score (nSPS) is 15.5. The molecule has 1 saturated heterocycles. The standard InChI is InChI=1S/C23H21Cl2N5O/c1-26-13-19-21-27-20-7-6-17(25)12-18(20)23(31)30(21)28-22(19)29-10-8-15(9-11-29)14-2-4-16(24)5-3-14/h2-7,12-13,15,27H,8-11H2,1H3/b26-13+. The van der Waals surface area contributed by atoms with E-state index in [2.05, 4.69) is 27.0 Å². The molecule has 0 bridgehead atoms. The number of hydrogen-bond acceptors (Lipinski definition) is 4. The first-order valence-corrected chi connectivity index (χ1v) is 11.0. The maximum absolute atomic E-state index is 13.1. The third-order valence-electron chi connectivity index (χ3n) is 5.95. The molecule has 2 aromatic carbocycles. The summed E-state index contributed by atoms with van der Waals surface area (Å²) in [7, 11) is 1.72. The Morgan fingerprint density at radius 2 is 1.81 bits per heavy atom. The third-order valence-corrected chi connectivity index (χ3v) is 6.44. The summed E-state index contributed by atoms with van der Waals surface area (Å²) in [5.74, 6) is 1.26. The maximum Gasteiger partial charge on any atom is 0.282 e. The van der Waals surface area contributed by atoms with Crippen molar-refractivity contribution < 1.29 is 0 Å². The van der Waals surface area contributed by atoms with E-state index in [1.807, 2.05) is 18.2 Å². The molecule has 0 amide bonds. The van der Waals surface area contributed by atoms with Gasteiger partial charge in [-0.1, -0.05) is 35.3 Å². The minimum absolute atomic E-state index is 0.195. The molecule has 0 unspecified atom stereocenters. The van der Waals surface area contributed by atoms with Gasteiger partial charge in [0.05, 0.1) is 16.5 Å². The van der Waals surface area contributed by atoms with E-state index in [1.165, 1.54) is 10.1 Å². The Balaban J connectivity index is 1.53. The molecule has 31 heavy (non-hydrogen) atoms. The van der Waals surface area contributed by atoms with Gasteiger partial charge in [0.2, 0.25) is 0 Å². The Hall–Kier alpha value is -2.83. The van der Waals surface area contributed by atoms with Crippen molar-refractivity contribution in [3.8, 4) is 0 Å². The summed E-state index contributed by atoms with van der Waals surface area (Å²) in [6.07, 6.45) is 3.77. The Morgan fingerprint density at radius 1 is 1.10 bits per heavy atom. The number of piperidine rings is 1. The molecular formula is C23H21Cl2N5O. The number of nitrogens with zero attached hydrogens (tertiary/aromatic N) is 4. The molecule has 8 heteroatoms. The Bertz CT molecular complexity index is 1350. The molecule has 6 nitrogen and oxygen atoms in total. The van der Waals surface area contributed by atoms with Crippen molar-refractivity contribution in [2.75, 3.05) is 25.0 Å². The van der Waals surface area contributed by atoms with Crippen LogP contribution in [0.3, 0.4) is 0 Å². The summed E-state index contributed by atoms with van der Waals surface area (Å²) in [6.45, 7) is 1.70. The largest absolute Gasteiger partial charge is 0.354 e. The van der Waals surface area contributed by atoms with Crippen LogP contribution >= 0.6 is 23.2 Å². The number of fused-ring (bicyclic) bond motifs is 2. The molecule has 5 rings (SSSR count). The lowest BCUT2D eigenvalue weighted by atomic mass is 9.89. The van der Waals surface area contributed by atoms with Crippen molar-refractivity contribution in [2.24, 2.45) is 4.99 Å². The van der Waals surface area contributed by atoms with Crippen molar-refractivity contribution >= 4 is 51.8 Å². The van der Waals surface area contributed by atoms with Crippen LogP contribution in [-0.4, -0.2) is 40.9 Å². The monoisotopic (exact) mass is 453 g/mol. The molecule has 158 valence electrons. The first-order chi connectivity index (χ1) is 15.0. The number of benzene rings is 2. The van der Waals surface area contributed by atoms with Crippen LogP contribution in [0.15, 0.2) is 52.3 Å². The van der Waals surface area contributed by atoms with Gasteiger partial charge in [0.1, 0.15) is 5.65 Å². The van der Waals surface area contributed by atoms with Crippen molar-refractivity contribution in [3.05, 3.63) is 74.0 Å². The predicted molar refractivity (Wildman–Crippen MR) is 127 cm³/mol. The molecule has 0 aliphatic carbocycles. The van der Waals surface area contributed by atoms with Crippen molar-refractivity contribution in [3.63, 3.8) is 0 Å². The van der Waals surface area contributed by atoms with Crippen LogP contribution in [-0.2, 0) is 0 Å². The highest BCUT2D eigenvalue weighted by atomic mass is 35.5. The fourth-order valence-corrected chi connectivity index (χ4v) is 4.67. The predicted octanol–water partition coefficient (Wildman–Crippen LogP) is 4.92. The lowest BCUT2D eigenvalue weighted by Gasteiger charge is -2.32. The second-order valence-electron chi connectivity index (χ2n) is 7.82. The van der Waals surface area contributed by atoms with Crippen LogP contribution in [0, 0.1) is 0 Å². The molecule has 1 aliphatic heterocycles. The van der Waals surface area contributed by atoms with E-state index < -0.39 is 0 Å². The van der Waals surface area contributed by atoms with E-state index in [9.17, 15) is 4.79 Å². The van der Waals surface area contributed by atoms with E-state index >= 15 is 0 Å². The number of H-pyrrole nitrogens is 1. The highest BCUT2D eigenvalue weighted by Crippen LogP contribution is 2.32. The first-order valence-electron chi connectivity index (χ1n) is 10.2. The van der Waals surface area contributed by atoms with Gasteiger partial charge in [0.25, 0.3) is 5.56 Å². The van der Waals surface area contributed by atoms with Gasteiger partial charge >= 0.3 is 0 Å². The minimum atomic E-state index is -0.195. The van der Waals surface area contributed by atoms with Gasteiger partial charge in [-0.15, -0.1) is 5.10 Å². The highest BCUT2D eigenvalue weighted by Gasteiger charge is 2.26. The molecule has 2 aromatic heterocycles. The van der Waals surface area contributed by atoms with Crippen LogP contribution < -0.4 is 10.5 Å². The van der Waals surface area contributed by atoms with E-state index in [1.54, 1.807) is 25.4 Å². The van der Waals surface area contributed by atoms with Gasteiger partial charge in [-0.3, -0.25) is 9.79 Å². The smallest absolute Gasteiger partial charge is 0.282 e. The van der Waals surface area contributed by atoms with Crippen molar-refractivity contribution in [1.82, 2.24) is 14.6 Å². The average Bonchev–Trinajstić information content (AvgIpc) is 3.14. The van der Waals surface area contributed by atoms with Gasteiger partial charge in [0.15, 0.2) is 5.82 Å². The molecule has 1 aliphatic rings. The van der Waals surface area contributed by atoms with Gasteiger partial charge in [0, 0.05) is 36.4 Å². The number of rotatable bonds is 3. The van der Waals surface area contributed by atoms with E-state index in [4.69, 9.17) is 28.3 Å². The summed E-state index contributed by atoms with van der Waals surface area (Å²) in [5.41, 5.74) is 3.30. The maximum atomic E-state index is 13.1. The summed E-state index contributed by atoms with van der Waals surface area (Å²) < 4.78 is 1.43. The quantitative estimate of drug-likeness (QED) is 0.447. The van der Waals surface area contributed by atoms with Gasteiger partial charge < -0.3 is 9.88 Å². The molecule has 0 radical (unpaired) electrons. The second kappa shape index (κ2) is 8.02. The zero-order valence-electron chi connectivity index (χ0n) is 17.0. The summed E-state index contributed by atoms with van der Waals surface area (Å²) in [5, 5.41) is 6.48. The fourth-order valence-electron chi connectivity index (χ4n) is 4.37. The molecule has 0 atom stereocenters. The van der Waals surface area contributed by atoms with E-state index in [0.717, 1.165) is 47.9 Å². The third kappa shape index (κ3) is 3.60. The number of aliphatic imine (C=N–C) groups is 1. The molecular weight excluding hydrogens is 433 g/mol. The second-order valence-corrected chi connectivity index (χ2v) is 8.69. The molecule has 3 heterocycles. The fraction of sp³-hybridized carbons (Fsp3) is 0.261. The Morgan fingerprint density at radius 3 is 2.52 bits per heavy atom. The molecule has 0 saturated carbocycles. The number of aromatic amines is 1. The molecule has 4 aromatic rings. The van der Waals surface area contributed by atoms with E-state index in [0.29, 0.717) is 22.0 Å². The zero-order chi connectivity index (χ0) is 21.5. The number of halogens is 2. The first kappa shape index (κ1) is 20.1. The van der Waals surface area contributed by atoms with E-state index in [-0.39, 0.29) is 5.56 Å². The van der Waals surface area contributed by atoms with Crippen LogP contribution in [0.25, 0.3) is 16.6 Å². The number of anilines is 1. The SMILES string of the molecule is C/N=C/c1c(N2CCC(c3ccc(Cl)cc3)CC2)nn2c(=O)c3cc(Cl)ccc3[nH]c12. The van der Waals surface area contributed by atoms with Crippen LogP contribution in [0.1, 0.15) is 29.9 Å². The summed E-state index contributed by atoms with van der Waals surface area (Å²) in [4.78, 5) is 22.9. The molecule has 1 fully saturated rings. The van der Waals surface area contributed by atoms with Crippen molar-refractivity contribution in [2.45, 2.75) is 18.8 Å². The van der Waals surface area contributed by atoms with Crippen LogP contribution in [0.2, 0.25) is 10.0 Å².